The molecular formula is C30H40N2O5. The summed E-state index contributed by atoms with van der Waals surface area (Å²) in [4.78, 5) is 30.3. The van der Waals surface area contributed by atoms with Gasteiger partial charge in [0.25, 0.3) is 11.7 Å². The van der Waals surface area contributed by atoms with Crippen molar-refractivity contribution in [1.82, 2.24) is 9.80 Å². The van der Waals surface area contributed by atoms with Crippen LogP contribution in [-0.2, 0) is 9.59 Å². The van der Waals surface area contributed by atoms with E-state index in [0.29, 0.717) is 43.5 Å². The molecular weight excluding hydrogens is 468 g/mol. The lowest BCUT2D eigenvalue weighted by atomic mass is 9.95. The lowest BCUT2D eigenvalue weighted by molar-refractivity contribution is -0.140. The molecule has 1 aliphatic rings. The van der Waals surface area contributed by atoms with E-state index in [1.807, 2.05) is 31.2 Å². The van der Waals surface area contributed by atoms with Crippen LogP contribution in [0.2, 0.25) is 0 Å². The molecule has 1 heterocycles. The van der Waals surface area contributed by atoms with Gasteiger partial charge in [-0.1, -0.05) is 46.8 Å². The Labute approximate surface area is 220 Å². The van der Waals surface area contributed by atoms with Gasteiger partial charge in [-0.25, -0.2) is 0 Å². The van der Waals surface area contributed by atoms with Gasteiger partial charge in [0.1, 0.15) is 17.3 Å². The minimum absolute atomic E-state index is 0.0997. The van der Waals surface area contributed by atoms with Crippen molar-refractivity contribution in [2.45, 2.75) is 47.1 Å². The van der Waals surface area contributed by atoms with Gasteiger partial charge in [-0.2, -0.15) is 0 Å². The monoisotopic (exact) mass is 508 g/mol. The molecule has 0 aromatic heterocycles. The molecule has 200 valence electrons. The second-order valence-electron chi connectivity index (χ2n) is 9.67. The van der Waals surface area contributed by atoms with Crippen molar-refractivity contribution in [2.75, 3.05) is 39.4 Å². The zero-order valence-electron chi connectivity index (χ0n) is 22.7. The number of likely N-dealkylation sites (N-methyl/N-ethyl adjacent to an activating group) is 1. The Morgan fingerprint density at radius 3 is 2.11 bits per heavy atom. The largest absolute Gasteiger partial charge is 0.507 e. The van der Waals surface area contributed by atoms with E-state index in [9.17, 15) is 14.7 Å². The van der Waals surface area contributed by atoms with Crippen LogP contribution in [0.25, 0.3) is 5.76 Å². The lowest BCUT2D eigenvalue weighted by Crippen LogP contribution is -2.38. The first kappa shape index (κ1) is 28.3. The molecule has 7 heteroatoms. The fourth-order valence-electron chi connectivity index (χ4n) is 4.34. The van der Waals surface area contributed by atoms with E-state index in [2.05, 4.69) is 32.6 Å². The number of aliphatic hydroxyl groups excluding tert-OH is 1. The Hall–Kier alpha value is -3.32. The number of hydrogen-bond acceptors (Lipinski definition) is 6. The molecule has 1 aliphatic heterocycles. The molecule has 1 amide bonds. The number of rotatable bonds is 13. The van der Waals surface area contributed by atoms with Crippen LogP contribution in [0.3, 0.4) is 0 Å². The molecule has 3 rings (SSSR count). The number of amides is 1. The van der Waals surface area contributed by atoms with E-state index in [0.717, 1.165) is 30.8 Å². The summed E-state index contributed by atoms with van der Waals surface area (Å²) < 4.78 is 11.5. The molecule has 1 atom stereocenters. The van der Waals surface area contributed by atoms with Crippen molar-refractivity contribution in [3.63, 3.8) is 0 Å². The van der Waals surface area contributed by atoms with Gasteiger partial charge in [0.2, 0.25) is 0 Å². The summed E-state index contributed by atoms with van der Waals surface area (Å²) in [6.45, 7) is 14.2. The number of likely N-dealkylation sites (tertiary alicyclic amines) is 1. The minimum Gasteiger partial charge on any atom is -0.507 e. The van der Waals surface area contributed by atoms with Crippen LogP contribution >= 0.6 is 0 Å². The molecule has 2 aromatic rings. The first-order valence-electron chi connectivity index (χ1n) is 13.3. The van der Waals surface area contributed by atoms with Crippen molar-refractivity contribution >= 4 is 17.4 Å². The van der Waals surface area contributed by atoms with Crippen molar-refractivity contribution < 1.29 is 24.2 Å². The molecule has 1 unspecified atom stereocenters. The van der Waals surface area contributed by atoms with Gasteiger partial charge in [0.15, 0.2) is 0 Å². The number of carbonyl (C=O) groups excluding carboxylic acids is 2. The van der Waals surface area contributed by atoms with Crippen molar-refractivity contribution in [3.05, 3.63) is 65.2 Å². The van der Waals surface area contributed by atoms with Crippen LogP contribution in [-0.4, -0.2) is 66.0 Å². The van der Waals surface area contributed by atoms with Crippen LogP contribution in [0, 0.1) is 5.92 Å². The molecule has 37 heavy (non-hydrogen) atoms. The summed E-state index contributed by atoms with van der Waals surface area (Å²) in [5, 5.41) is 11.3. The fourth-order valence-corrected chi connectivity index (χ4v) is 4.34. The smallest absolute Gasteiger partial charge is 0.295 e. The topological polar surface area (TPSA) is 79.3 Å². The number of hydrogen-bond donors (Lipinski definition) is 1. The maximum atomic E-state index is 13.3. The van der Waals surface area contributed by atoms with Crippen molar-refractivity contribution in [2.24, 2.45) is 5.92 Å². The molecule has 1 fully saturated rings. The van der Waals surface area contributed by atoms with Crippen LogP contribution in [0.1, 0.15) is 58.2 Å². The predicted molar refractivity (Wildman–Crippen MR) is 146 cm³/mol. The van der Waals surface area contributed by atoms with E-state index >= 15 is 0 Å². The summed E-state index contributed by atoms with van der Waals surface area (Å²) >= 11 is 0. The van der Waals surface area contributed by atoms with Crippen LogP contribution in [0.15, 0.2) is 54.1 Å². The van der Waals surface area contributed by atoms with Gasteiger partial charge in [-0.3, -0.25) is 9.59 Å². The zero-order valence-corrected chi connectivity index (χ0v) is 22.7. The first-order chi connectivity index (χ1) is 17.8. The summed E-state index contributed by atoms with van der Waals surface area (Å²) in [7, 11) is 0. The predicted octanol–water partition coefficient (Wildman–Crippen LogP) is 5.27. The van der Waals surface area contributed by atoms with Crippen LogP contribution < -0.4 is 9.47 Å². The number of Topliss-reactive ketones (excluding diaryl/α,β-unsaturated/α-hetero) is 1. The quantitative estimate of drug-likeness (QED) is 0.225. The summed E-state index contributed by atoms with van der Waals surface area (Å²) in [6.07, 6.45) is 0.897. The molecule has 0 spiro atoms. The highest BCUT2D eigenvalue weighted by Crippen LogP contribution is 2.40. The van der Waals surface area contributed by atoms with E-state index < -0.39 is 17.7 Å². The summed E-state index contributed by atoms with van der Waals surface area (Å²) in [6, 6.07) is 13.7. The third-order valence-electron chi connectivity index (χ3n) is 6.47. The molecule has 1 N–H and O–H groups in total. The molecule has 1 saturated heterocycles. The number of aliphatic hydroxyl groups is 1. The van der Waals surface area contributed by atoms with Gasteiger partial charge in [-0.05, 0) is 67.4 Å². The normalized spacial score (nSPS) is 17.2. The molecule has 0 bridgehead atoms. The molecule has 2 aromatic carbocycles. The van der Waals surface area contributed by atoms with Gasteiger partial charge >= 0.3 is 0 Å². The van der Waals surface area contributed by atoms with Crippen LogP contribution in [0.5, 0.6) is 11.5 Å². The highest BCUT2D eigenvalue weighted by Gasteiger charge is 2.46. The molecule has 0 radical (unpaired) electrons. The van der Waals surface area contributed by atoms with Gasteiger partial charge < -0.3 is 24.4 Å². The van der Waals surface area contributed by atoms with Crippen molar-refractivity contribution in [1.29, 1.82) is 0 Å². The van der Waals surface area contributed by atoms with E-state index in [1.54, 1.807) is 29.2 Å². The third kappa shape index (κ3) is 6.92. The second-order valence-corrected chi connectivity index (χ2v) is 9.67. The van der Waals surface area contributed by atoms with E-state index in [4.69, 9.17) is 9.47 Å². The summed E-state index contributed by atoms with van der Waals surface area (Å²) in [5.41, 5.74) is 1.31. The minimum atomic E-state index is -0.687. The summed E-state index contributed by atoms with van der Waals surface area (Å²) in [5.74, 6) is 0.344. The van der Waals surface area contributed by atoms with E-state index in [1.165, 1.54) is 0 Å². The Morgan fingerprint density at radius 1 is 0.946 bits per heavy atom. The Bertz CT molecular complexity index is 1070. The first-order valence-corrected chi connectivity index (χ1v) is 13.3. The second kappa shape index (κ2) is 13.3. The number of carbonyl (C=O) groups is 2. The Kier molecular flexibility index (Phi) is 10.1. The van der Waals surface area contributed by atoms with E-state index in [-0.39, 0.29) is 11.3 Å². The molecule has 7 nitrogen and oxygen atoms in total. The third-order valence-corrected chi connectivity index (χ3v) is 6.47. The maximum Gasteiger partial charge on any atom is 0.295 e. The highest BCUT2D eigenvalue weighted by atomic mass is 16.5. The fraction of sp³-hybridized carbons (Fsp3) is 0.467. The SMILES string of the molecule is CCCOc1ccc(C2C(=C(O)c3ccc(OCC(C)C)cc3)C(=O)C(=O)N2CCN(CC)CC)cc1. The lowest BCUT2D eigenvalue weighted by Gasteiger charge is -2.28. The number of ether oxygens (including phenoxy) is 2. The number of ketones is 1. The standard InChI is InChI=1S/C30H40N2O5/c1-6-19-36-24-13-9-22(10-14-24)27-26(29(34)30(35)32(27)18-17-31(7-2)8-3)28(33)23-11-15-25(16-12-23)37-20-21(4)5/h9-16,21,27,33H,6-8,17-20H2,1-5H3. The maximum absolute atomic E-state index is 13.3. The number of benzene rings is 2. The number of nitrogens with zero attached hydrogens (tertiary/aromatic N) is 2. The average Bonchev–Trinajstić information content (AvgIpc) is 3.16. The van der Waals surface area contributed by atoms with Gasteiger partial charge in [-0.15, -0.1) is 0 Å². The van der Waals surface area contributed by atoms with Gasteiger partial charge in [0, 0.05) is 18.7 Å². The van der Waals surface area contributed by atoms with Crippen LogP contribution in [0.4, 0.5) is 0 Å². The van der Waals surface area contributed by atoms with Gasteiger partial charge in [0.05, 0.1) is 24.8 Å². The Morgan fingerprint density at radius 2 is 1.54 bits per heavy atom. The molecule has 0 aliphatic carbocycles. The highest BCUT2D eigenvalue weighted by molar-refractivity contribution is 6.46. The average molecular weight is 509 g/mol. The molecule has 0 saturated carbocycles. The Balaban J connectivity index is 1.99. The van der Waals surface area contributed by atoms with Crippen molar-refractivity contribution in [3.8, 4) is 11.5 Å². The zero-order chi connectivity index (χ0) is 26.9.